The van der Waals surface area contributed by atoms with Crippen molar-refractivity contribution < 1.29 is 222 Å². The molecule has 1 unspecified atom stereocenters. The van der Waals surface area contributed by atoms with Crippen LogP contribution >= 0.6 is 0 Å². The minimum atomic E-state index is -1.84. The first-order valence-electron chi connectivity index (χ1n) is 32.2. The molecule has 11 heterocycles. The van der Waals surface area contributed by atoms with Crippen LogP contribution in [0.15, 0.2) is 0 Å². The second kappa shape index (κ2) is 34.2. The van der Waals surface area contributed by atoms with E-state index in [2.05, 4.69) is 0 Å². The van der Waals surface area contributed by atoms with Crippen molar-refractivity contribution in [3.05, 3.63) is 0 Å². The van der Waals surface area contributed by atoms with Gasteiger partial charge < -0.3 is 222 Å². The Hall–Kier alpha value is -1.80. The summed E-state index contributed by atoms with van der Waals surface area (Å²) in [4.78, 5) is 0. The average Bonchev–Trinajstić information content (AvgIpc) is 1.64. The SMILES string of the molecule is OC[C@H]1O[C@@H](O[C@@H]2[C@@H](OC[C@H]3O[C@H](OC[C@H]4O[C@H](OC[C@H]5O[C@H](OC[C@H]6O[C@H](OC[C@H]7O[C@H](OC[C@H]8O[C@H](OC[C@H]9OC(O)[C@@H](O)[C@@H]9O)[C@@H](O)[C@@H]8O[C@H]8O[C@H](CO)[C@@H](O)[C@@H]8O[C@@H]8O[C@H](CO)[C@@H](O)[C@@H]8O)[C@@H](O)[C@@H]7O)[C@@H](O)[C@@H]6O)[C@@H](O)[C@@H]5O)[C@@H](O)[C@@H]4O)[C@@H](O)[C@@H]3O)O[C@H](CO)[C@H]2O)[C@@H](O)[C@@H]1O. The quantitative estimate of drug-likeness (QED) is 0.0306. The first kappa shape index (κ1) is 79.2. The third-order valence-electron chi connectivity index (χ3n) is 19.0. The third-order valence-corrected chi connectivity index (χ3v) is 19.0. The highest BCUT2D eigenvalue weighted by Crippen LogP contribution is 2.38. The van der Waals surface area contributed by atoms with Crippen LogP contribution in [0.4, 0.5) is 0 Å². The van der Waals surface area contributed by atoms with Crippen LogP contribution in [0, 0.1) is 0 Å². The van der Waals surface area contributed by atoms with E-state index in [0.29, 0.717) is 0 Å². The van der Waals surface area contributed by atoms with Crippen LogP contribution in [0.5, 0.6) is 0 Å². The topological polar surface area (TPSA) is 679 Å². The Kier molecular flexibility index (Phi) is 27.1. The van der Waals surface area contributed by atoms with Gasteiger partial charge in [-0.2, -0.15) is 0 Å². The molecule has 0 aromatic carbocycles. The predicted octanol–water partition coefficient (Wildman–Crippen LogP) is -17.9. The van der Waals surface area contributed by atoms with Gasteiger partial charge in [-0.05, 0) is 0 Å². The van der Waals surface area contributed by atoms with Gasteiger partial charge in [0.1, 0.15) is 201 Å². The minimum Gasteiger partial charge on any atom is -0.394 e. The zero-order chi connectivity index (χ0) is 72.0. The van der Waals surface area contributed by atoms with Crippen molar-refractivity contribution >= 4 is 0 Å². The molecule has 580 valence electrons. The number of ether oxygens (including phenoxy) is 21. The maximum absolute atomic E-state index is 11.6. The number of rotatable bonds is 31. The zero-order valence-corrected chi connectivity index (χ0v) is 52.5. The Bertz CT molecular complexity index is 2510. The van der Waals surface area contributed by atoms with Gasteiger partial charge in [0.25, 0.3) is 0 Å². The molecule has 11 saturated heterocycles. The minimum absolute atomic E-state index is 0.562. The Morgan fingerprint density at radius 3 is 0.690 bits per heavy atom. The standard InChI is InChI=1S/C55H90O45/c56-1-12-23(60)39(76)52(88-12)99-43-31(68)14(3-58)90-54(43)86-10-21-30(67)37(74)49(96-21)83-8-19-28(65)35(72)47(94-19)81-6-17-26(63)34(71)46(92-17)80-7-18-27(64)36(73)48(93-18)82-9-20-29(66)38(75)50(95-20)85-11-22-42(41(78)51(97-22)84-5-16-25(62)33(70)45(79)87-16)98-55-44(32(69)15(4-59)91-55)100-53-40(77)24(61)13(2-57)89-53/h12-79H,1-11H2/t12-,13-,14-,15-,16-,17-,18-,19-,20-,21-,22-,23-,24-,25-,26-,27-,28-,29-,30-,31-,32-,33+,34+,35+,36+,37+,38+,39+,40+,41+,42-,43+,44+,45?,46+,47+,48+,49+,50+,51+,52+,53+,54+,55-/m1/s1. The van der Waals surface area contributed by atoms with Crippen LogP contribution in [0.3, 0.4) is 0 Å². The van der Waals surface area contributed by atoms with Crippen LogP contribution in [0.1, 0.15) is 0 Å². The van der Waals surface area contributed by atoms with E-state index >= 15 is 0 Å². The van der Waals surface area contributed by atoms with Crippen molar-refractivity contribution in [3.8, 4) is 0 Å². The van der Waals surface area contributed by atoms with Gasteiger partial charge in [-0.3, -0.25) is 0 Å². The lowest BCUT2D eigenvalue weighted by Crippen LogP contribution is -2.47. The van der Waals surface area contributed by atoms with Crippen molar-refractivity contribution in [3.63, 3.8) is 0 Å². The first-order chi connectivity index (χ1) is 47.7. The summed E-state index contributed by atoms with van der Waals surface area (Å²) in [6.45, 7) is -7.30. The molecule has 11 aliphatic heterocycles. The molecule has 0 aromatic heterocycles. The maximum Gasteiger partial charge on any atom is 0.187 e. The van der Waals surface area contributed by atoms with E-state index in [1.807, 2.05) is 0 Å². The Morgan fingerprint density at radius 1 is 0.170 bits per heavy atom. The maximum atomic E-state index is 11.6. The van der Waals surface area contributed by atoms with Crippen LogP contribution in [0.25, 0.3) is 0 Å². The Labute approximate surface area is 564 Å². The number of hydrogen-bond donors (Lipinski definition) is 24. The molecule has 45 nitrogen and oxygen atoms in total. The van der Waals surface area contributed by atoms with E-state index in [1.54, 1.807) is 0 Å². The molecular weight excluding hydrogens is 1380 g/mol. The fourth-order valence-corrected chi connectivity index (χ4v) is 12.9. The van der Waals surface area contributed by atoms with Crippen molar-refractivity contribution in [2.24, 2.45) is 0 Å². The van der Waals surface area contributed by atoms with Gasteiger partial charge >= 0.3 is 0 Å². The van der Waals surface area contributed by atoms with Gasteiger partial charge in [-0.1, -0.05) is 0 Å². The smallest absolute Gasteiger partial charge is 0.187 e. The van der Waals surface area contributed by atoms with E-state index in [4.69, 9.17) is 99.5 Å². The van der Waals surface area contributed by atoms with Crippen molar-refractivity contribution in [1.82, 2.24) is 0 Å². The number of hydrogen-bond acceptors (Lipinski definition) is 45. The molecule has 0 radical (unpaired) electrons. The molecule has 0 bridgehead atoms. The van der Waals surface area contributed by atoms with Gasteiger partial charge in [0.2, 0.25) is 0 Å². The molecule has 11 fully saturated rings. The summed E-state index contributed by atoms with van der Waals surface area (Å²) in [5.74, 6) is 0. The summed E-state index contributed by atoms with van der Waals surface area (Å²) in [6, 6.07) is 0. The molecule has 0 spiro atoms. The van der Waals surface area contributed by atoms with E-state index < -0.39 is 343 Å². The van der Waals surface area contributed by atoms with Gasteiger partial charge in [0.05, 0.1) is 72.7 Å². The van der Waals surface area contributed by atoms with E-state index in [0.717, 1.165) is 0 Å². The highest BCUT2D eigenvalue weighted by molar-refractivity contribution is 4.99. The van der Waals surface area contributed by atoms with E-state index in [-0.39, 0.29) is 0 Å². The fraction of sp³-hybridized carbons (Fsp3) is 1.00. The third kappa shape index (κ3) is 16.6. The van der Waals surface area contributed by atoms with E-state index in [9.17, 15) is 123 Å². The highest BCUT2D eigenvalue weighted by atomic mass is 16.8. The fourth-order valence-electron chi connectivity index (χ4n) is 12.9. The van der Waals surface area contributed by atoms with Crippen LogP contribution in [0.2, 0.25) is 0 Å². The number of aliphatic hydroxyl groups is 24. The van der Waals surface area contributed by atoms with Crippen molar-refractivity contribution in [1.29, 1.82) is 0 Å². The average molecular weight is 1470 g/mol. The predicted molar refractivity (Wildman–Crippen MR) is 296 cm³/mol. The normalized spacial score (nSPS) is 53.4. The van der Waals surface area contributed by atoms with Crippen LogP contribution in [-0.2, 0) is 99.5 Å². The molecule has 24 N–H and O–H groups in total. The largest absolute Gasteiger partial charge is 0.394 e. The molecule has 0 saturated carbocycles. The summed E-state index contributed by atoms with van der Waals surface area (Å²) < 4.78 is 118. The first-order valence-corrected chi connectivity index (χ1v) is 32.2. The summed E-state index contributed by atoms with van der Waals surface area (Å²) in [7, 11) is 0. The summed E-state index contributed by atoms with van der Waals surface area (Å²) in [6.07, 6.45) is -70.5. The summed E-state index contributed by atoms with van der Waals surface area (Å²) in [5, 5.41) is 252. The van der Waals surface area contributed by atoms with Gasteiger partial charge in [0.15, 0.2) is 69.2 Å². The van der Waals surface area contributed by atoms with Crippen LogP contribution in [-0.4, -0.2) is 466 Å². The second-order valence-electron chi connectivity index (χ2n) is 25.7. The van der Waals surface area contributed by atoms with E-state index in [1.165, 1.54) is 0 Å². The summed E-state index contributed by atoms with van der Waals surface area (Å²) >= 11 is 0. The molecule has 11 aliphatic rings. The molecule has 44 atom stereocenters. The lowest BCUT2D eigenvalue weighted by molar-refractivity contribution is -0.266. The van der Waals surface area contributed by atoms with Crippen molar-refractivity contribution in [2.45, 2.75) is 271 Å². The Balaban J connectivity index is 0.615. The lowest BCUT2D eigenvalue weighted by atomic mass is 10.1. The molecular formula is C55H90O45. The molecule has 100 heavy (non-hydrogen) atoms. The molecule has 0 amide bonds. The van der Waals surface area contributed by atoms with Gasteiger partial charge in [0, 0.05) is 0 Å². The highest BCUT2D eigenvalue weighted by Gasteiger charge is 2.58. The Morgan fingerprint density at radius 2 is 0.380 bits per heavy atom. The summed E-state index contributed by atoms with van der Waals surface area (Å²) in [5.41, 5.74) is 0. The number of aliphatic hydroxyl groups excluding tert-OH is 24. The van der Waals surface area contributed by atoms with Gasteiger partial charge in [-0.25, -0.2) is 0 Å². The van der Waals surface area contributed by atoms with Crippen LogP contribution < -0.4 is 0 Å². The van der Waals surface area contributed by atoms with Gasteiger partial charge in [-0.15, -0.1) is 0 Å². The monoisotopic (exact) mass is 1470 g/mol. The molecule has 11 rings (SSSR count). The molecule has 45 heteroatoms. The zero-order valence-electron chi connectivity index (χ0n) is 52.5. The molecule has 0 aromatic rings. The second-order valence-corrected chi connectivity index (χ2v) is 25.7. The molecule has 0 aliphatic carbocycles. The lowest BCUT2D eigenvalue weighted by Gasteiger charge is -2.29. The van der Waals surface area contributed by atoms with Crippen molar-refractivity contribution in [2.75, 3.05) is 72.7 Å².